The predicted octanol–water partition coefficient (Wildman–Crippen LogP) is 5.89. The van der Waals surface area contributed by atoms with Crippen LogP contribution in [-0.2, 0) is 14.3 Å². The van der Waals surface area contributed by atoms with Crippen molar-refractivity contribution in [2.24, 2.45) is 0 Å². The van der Waals surface area contributed by atoms with E-state index in [4.69, 9.17) is 4.74 Å². The van der Waals surface area contributed by atoms with Gasteiger partial charge >= 0.3 is 11.9 Å². The summed E-state index contributed by atoms with van der Waals surface area (Å²) in [6.45, 7) is 4.36. The normalized spacial score (nSPS) is 11.4. The first kappa shape index (κ1) is 21.6. The third-order valence-corrected chi connectivity index (χ3v) is 3.54. The van der Waals surface area contributed by atoms with Crippen molar-refractivity contribution in [1.82, 2.24) is 0 Å². The van der Waals surface area contributed by atoms with Gasteiger partial charge in [0, 0.05) is 12.8 Å². The number of carbonyl (C=O) groups is 2. The Labute approximate surface area is 142 Å². The van der Waals surface area contributed by atoms with Gasteiger partial charge in [-0.05, 0) is 38.5 Å². The molecule has 0 unspecified atom stereocenters. The second kappa shape index (κ2) is 17.0. The average Bonchev–Trinajstić information content (AvgIpc) is 2.53. The van der Waals surface area contributed by atoms with Gasteiger partial charge in [-0.3, -0.25) is 9.59 Å². The third-order valence-electron chi connectivity index (χ3n) is 3.54. The van der Waals surface area contributed by atoms with Crippen LogP contribution in [0.4, 0.5) is 0 Å². The highest BCUT2D eigenvalue weighted by Crippen LogP contribution is 2.04. The van der Waals surface area contributed by atoms with Crippen LogP contribution >= 0.6 is 0 Å². The van der Waals surface area contributed by atoms with Gasteiger partial charge < -0.3 is 4.74 Å². The fourth-order valence-electron chi connectivity index (χ4n) is 2.13. The molecule has 0 aromatic carbocycles. The number of allylic oxidation sites excluding steroid dienone is 4. The lowest BCUT2D eigenvalue weighted by Crippen LogP contribution is -2.11. The molecular formula is C20H34O3. The standard InChI is InChI=1S/C20H34O3/c1-3-5-7-9-11-13-15-17-19(21)23-20(22)18-16-14-12-10-8-6-4-2/h11-14H,3-10,15-18H2,1-2H3. The van der Waals surface area contributed by atoms with Crippen molar-refractivity contribution in [3.05, 3.63) is 24.3 Å². The molecule has 0 bridgehead atoms. The number of carbonyl (C=O) groups excluding carboxylic acids is 2. The molecule has 0 heterocycles. The highest BCUT2D eigenvalue weighted by Gasteiger charge is 2.08. The minimum Gasteiger partial charge on any atom is -0.393 e. The molecule has 0 N–H and O–H groups in total. The Balaban J connectivity index is 3.56. The fourth-order valence-corrected chi connectivity index (χ4v) is 2.13. The van der Waals surface area contributed by atoms with Crippen molar-refractivity contribution in [3.63, 3.8) is 0 Å². The number of unbranched alkanes of at least 4 members (excludes halogenated alkanes) is 6. The maximum Gasteiger partial charge on any atom is 0.313 e. The summed E-state index contributed by atoms with van der Waals surface area (Å²) in [5.41, 5.74) is 0. The summed E-state index contributed by atoms with van der Waals surface area (Å²) in [4.78, 5) is 23.0. The van der Waals surface area contributed by atoms with Crippen LogP contribution in [-0.4, -0.2) is 11.9 Å². The lowest BCUT2D eigenvalue weighted by atomic mass is 10.2. The molecule has 0 aromatic rings. The van der Waals surface area contributed by atoms with Gasteiger partial charge in [0.1, 0.15) is 0 Å². The maximum atomic E-state index is 11.5. The smallest absolute Gasteiger partial charge is 0.313 e. The first-order valence-corrected chi connectivity index (χ1v) is 9.24. The Bertz CT molecular complexity index is 322. The average molecular weight is 322 g/mol. The van der Waals surface area contributed by atoms with Gasteiger partial charge in [-0.25, -0.2) is 0 Å². The van der Waals surface area contributed by atoms with Crippen molar-refractivity contribution in [2.45, 2.75) is 90.9 Å². The largest absolute Gasteiger partial charge is 0.393 e. The zero-order chi connectivity index (χ0) is 17.2. The monoisotopic (exact) mass is 322 g/mol. The molecular weight excluding hydrogens is 288 g/mol. The lowest BCUT2D eigenvalue weighted by molar-refractivity contribution is -0.159. The van der Waals surface area contributed by atoms with Gasteiger partial charge in [-0.15, -0.1) is 0 Å². The van der Waals surface area contributed by atoms with E-state index in [0.29, 0.717) is 12.8 Å². The molecule has 0 rings (SSSR count). The molecule has 0 spiro atoms. The van der Waals surface area contributed by atoms with E-state index < -0.39 is 11.9 Å². The minimum absolute atomic E-state index is 0.281. The van der Waals surface area contributed by atoms with Gasteiger partial charge in [-0.2, -0.15) is 0 Å². The Kier molecular flexibility index (Phi) is 16.0. The SMILES string of the molecule is CCCCCC=CCCC(=O)OC(=O)CCC=CCCCCC. The number of ether oxygens (including phenoxy) is 1. The molecule has 3 nitrogen and oxygen atoms in total. The van der Waals surface area contributed by atoms with Gasteiger partial charge in [0.15, 0.2) is 0 Å². The molecule has 0 aliphatic rings. The Morgan fingerprint density at radius 3 is 1.43 bits per heavy atom. The van der Waals surface area contributed by atoms with E-state index in [1.165, 1.54) is 38.5 Å². The number of hydrogen-bond acceptors (Lipinski definition) is 3. The van der Waals surface area contributed by atoms with E-state index in [9.17, 15) is 9.59 Å². The van der Waals surface area contributed by atoms with Crippen molar-refractivity contribution in [2.75, 3.05) is 0 Å². The summed E-state index contributed by atoms with van der Waals surface area (Å²) < 4.78 is 4.79. The first-order valence-electron chi connectivity index (χ1n) is 9.24. The zero-order valence-electron chi connectivity index (χ0n) is 15.0. The summed E-state index contributed by atoms with van der Waals surface area (Å²) in [7, 11) is 0. The molecule has 0 amide bonds. The van der Waals surface area contributed by atoms with E-state index in [1.807, 2.05) is 12.2 Å². The van der Waals surface area contributed by atoms with Crippen molar-refractivity contribution in [1.29, 1.82) is 0 Å². The van der Waals surface area contributed by atoms with E-state index in [-0.39, 0.29) is 12.8 Å². The quantitative estimate of drug-likeness (QED) is 0.173. The van der Waals surface area contributed by atoms with Crippen LogP contribution in [0.25, 0.3) is 0 Å². The second-order valence-corrected chi connectivity index (χ2v) is 5.86. The highest BCUT2D eigenvalue weighted by atomic mass is 16.6. The summed E-state index contributed by atoms with van der Waals surface area (Å²) in [5.74, 6) is -0.833. The molecule has 0 aromatic heterocycles. The lowest BCUT2D eigenvalue weighted by Gasteiger charge is -2.00. The van der Waals surface area contributed by atoms with Crippen LogP contribution in [0.3, 0.4) is 0 Å². The zero-order valence-corrected chi connectivity index (χ0v) is 15.0. The van der Waals surface area contributed by atoms with E-state index in [2.05, 4.69) is 26.0 Å². The number of hydrogen-bond donors (Lipinski definition) is 0. The van der Waals surface area contributed by atoms with Gasteiger partial charge in [0.25, 0.3) is 0 Å². The van der Waals surface area contributed by atoms with Crippen LogP contribution in [0.15, 0.2) is 24.3 Å². The van der Waals surface area contributed by atoms with Crippen molar-refractivity contribution >= 4 is 11.9 Å². The molecule has 0 radical (unpaired) electrons. The summed E-state index contributed by atoms with van der Waals surface area (Å²) >= 11 is 0. The summed E-state index contributed by atoms with van der Waals surface area (Å²) in [6, 6.07) is 0. The number of rotatable bonds is 14. The third kappa shape index (κ3) is 16.8. The molecule has 3 heteroatoms. The first-order chi connectivity index (χ1) is 11.2. The molecule has 0 fully saturated rings. The minimum atomic E-state index is -0.417. The van der Waals surface area contributed by atoms with Crippen LogP contribution < -0.4 is 0 Å². The van der Waals surface area contributed by atoms with E-state index in [0.717, 1.165) is 12.8 Å². The maximum absolute atomic E-state index is 11.5. The fraction of sp³-hybridized carbons (Fsp3) is 0.700. The molecule has 0 atom stereocenters. The molecule has 0 aliphatic heterocycles. The van der Waals surface area contributed by atoms with Crippen LogP contribution in [0, 0.1) is 0 Å². The molecule has 0 aliphatic carbocycles. The molecule has 0 saturated carbocycles. The second-order valence-electron chi connectivity index (χ2n) is 5.86. The van der Waals surface area contributed by atoms with Gasteiger partial charge in [0.2, 0.25) is 0 Å². The Morgan fingerprint density at radius 2 is 1.04 bits per heavy atom. The summed E-state index contributed by atoms with van der Waals surface area (Å²) in [6.07, 6.45) is 19.5. The van der Waals surface area contributed by atoms with Crippen LogP contribution in [0.2, 0.25) is 0 Å². The molecule has 0 saturated heterocycles. The molecule has 132 valence electrons. The van der Waals surface area contributed by atoms with Crippen molar-refractivity contribution in [3.8, 4) is 0 Å². The molecule has 23 heavy (non-hydrogen) atoms. The van der Waals surface area contributed by atoms with Gasteiger partial charge in [0.05, 0.1) is 0 Å². The van der Waals surface area contributed by atoms with E-state index in [1.54, 1.807) is 0 Å². The highest BCUT2D eigenvalue weighted by molar-refractivity contribution is 5.85. The van der Waals surface area contributed by atoms with Crippen LogP contribution in [0.5, 0.6) is 0 Å². The van der Waals surface area contributed by atoms with E-state index >= 15 is 0 Å². The summed E-state index contributed by atoms with van der Waals surface area (Å²) in [5, 5.41) is 0. The topological polar surface area (TPSA) is 43.4 Å². The Hall–Kier alpha value is -1.38. The van der Waals surface area contributed by atoms with Crippen LogP contribution in [0.1, 0.15) is 90.9 Å². The van der Waals surface area contributed by atoms with Gasteiger partial charge in [-0.1, -0.05) is 63.8 Å². The number of esters is 2. The predicted molar refractivity (Wildman–Crippen MR) is 96.1 cm³/mol. The van der Waals surface area contributed by atoms with Crippen molar-refractivity contribution < 1.29 is 14.3 Å². The Morgan fingerprint density at radius 1 is 0.652 bits per heavy atom.